The molecule has 0 spiro atoms. The standard InChI is InChI=1S/C15H22F2N2O2/c1-3-19(4-2)14(20)12(10-18)9-11-5-7-13(8-6-11)21-15(16)17/h5-8,12,15H,3-4,9-10,18H2,1-2H3. The van der Waals surface area contributed by atoms with E-state index in [-0.39, 0.29) is 24.1 Å². The van der Waals surface area contributed by atoms with Gasteiger partial charge in [0.1, 0.15) is 5.75 Å². The summed E-state index contributed by atoms with van der Waals surface area (Å²) >= 11 is 0. The van der Waals surface area contributed by atoms with Crippen LogP contribution in [0.3, 0.4) is 0 Å². The summed E-state index contributed by atoms with van der Waals surface area (Å²) in [5, 5.41) is 0. The normalized spacial score (nSPS) is 12.3. The first-order valence-electron chi connectivity index (χ1n) is 7.04. The molecule has 0 aliphatic carbocycles. The number of carbonyl (C=O) groups is 1. The summed E-state index contributed by atoms with van der Waals surface area (Å²) in [5.41, 5.74) is 6.56. The number of amides is 1. The van der Waals surface area contributed by atoms with Crippen LogP contribution >= 0.6 is 0 Å². The van der Waals surface area contributed by atoms with Gasteiger partial charge in [-0.25, -0.2) is 0 Å². The van der Waals surface area contributed by atoms with E-state index in [0.717, 1.165) is 5.56 Å². The van der Waals surface area contributed by atoms with E-state index in [9.17, 15) is 13.6 Å². The van der Waals surface area contributed by atoms with E-state index >= 15 is 0 Å². The highest BCUT2D eigenvalue weighted by atomic mass is 19.3. The first-order chi connectivity index (χ1) is 10.0. The number of ether oxygens (including phenoxy) is 1. The molecule has 1 rings (SSSR count). The van der Waals surface area contributed by atoms with Crippen molar-refractivity contribution in [2.45, 2.75) is 26.9 Å². The number of rotatable bonds is 8. The zero-order valence-corrected chi connectivity index (χ0v) is 12.4. The molecule has 1 aromatic carbocycles. The molecule has 0 bridgehead atoms. The van der Waals surface area contributed by atoms with Crippen molar-refractivity contribution in [2.24, 2.45) is 11.7 Å². The van der Waals surface area contributed by atoms with Crippen molar-refractivity contribution in [1.29, 1.82) is 0 Å². The lowest BCUT2D eigenvalue weighted by molar-refractivity contribution is -0.134. The monoisotopic (exact) mass is 300 g/mol. The largest absolute Gasteiger partial charge is 0.435 e. The Labute approximate surface area is 123 Å². The summed E-state index contributed by atoms with van der Waals surface area (Å²) in [7, 11) is 0. The zero-order valence-electron chi connectivity index (χ0n) is 12.4. The molecule has 0 aliphatic heterocycles. The lowest BCUT2D eigenvalue weighted by Crippen LogP contribution is -2.39. The van der Waals surface area contributed by atoms with Gasteiger partial charge in [0, 0.05) is 19.6 Å². The first-order valence-corrected chi connectivity index (χ1v) is 7.04. The second-order valence-corrected chi connectivity index (χ2v) is 4.67. The zero-order chi connectivity index (χ0) is 15.8. The molecule has 0 fully saturated rings. The van der Waals surface area contributed by atoms with Gasteiger partial charge >= 0.3 is 6.61 Å². The number of nitrogens with two attached hydrogens (primary N) is 1. The Morgan fingerprint density at radius 3 is 2.24 bits per heavy atom. The number of nitrogens with zero attached hydrogens (tertiary/aromatic N) is 1. The predicted octanol–water partition coefficient (Wildman–Crippen LogP) is 2.27. The molecular formula is C15H22F2N2O2. The molecule has 1 aromatic rings. The van der Waals surface area contributed by atoms with Gasteiger partial charge in [-0.1, -0.05) is 12.1 Å². The van der Waals surface area contributed by atoms with Gasteiger partial charge in [0.25, 0.3) is 0 Å². The number of benzene rings is 1. The Morgan fingerprint density at radius 1 is 1.24 bits per heavy atom. The molecule has 118 valence electrons. The second-order valence-electron chi connectivity index (χ2n) is 4.67. The maximum atomic E-state index is 12.3. The molecule has 1 atom stereocenters. The van der Waals surface area contributed by atoms with Crippen LogP contribution in [0.1, 0.15) is 19.4 Å². The highest BCUT2D eigenvalue weighted by Crippen LogP contribution is 2.17. The molecule has 0 radical (unpaired) electrons. The highest BCUT2D eigenvalue weighted by Gasteiger charge is 2.21. The Kier molecular flexibility index (Phi) is 7.08. The van der Waals surface area contributed by atoms with Crippen LogP contribution in [0.5, 0.6) is 5.75 Å². The van der Waals surface area contributed by atoms with Crippen LogP contribution in [0.15, 0.2) is 24.3 Å². The summed E-state index contributed by atoms with van der Waals surface area (Å²) < 4.78 is 28.4. The van der Waals surface area contributed by atoms with Gasteiger partial charge in [-0.3, -0.25) is 4.79 Å². The fraction of sp³-hybridized carbons (Fsp3) is 0.533. The van der Waals surface area contributed by atoms with Gasteiger partial charge < -0.3 is 15.4 Å². The van der Waals surface area contributed by atoms with Crippen LogP contribution in [0.4, 0.5) is 8.78 Å². The topological polar surface area (TPSA) is 55.6 Å². The molecule has 0 heterocycles. The van der Waals surface area contributed by atoms with Gasteiger partial charge in [0.15, 0.2) is 0 Å². The Bertz CT molecular complexity index is 434. The Hall–Kier alpha value is -1.69. The summed E-state index contributed by atoms with van der Waals surface area (Å²) in [6.45, 7) is 2.55. The SMILES string of the molecule is CCN(CC)C(=O)C(CN)Cc1ccc(OC(F)F)cc1. The number of halogens is 2. The summed E-state index contributed by atoms with van der Waals surface area (Å²) in [4.78, 5) is 14.0. The fourth-order valence-corrected chi connectivity index (χ4v) is 2.16. The van der Waals surface area contributed by atoms with E-state index in [1.807, 2.05) is 13.8 Å². The van der Waals surface area contributed by atoms with Crippen molar-refractivity contribution in [1.82, 2.24) is 4.90 Å². The first kappa shape index (κ1) is 17.4. The summed E-state index contributed by atoms with van der Waals surface area (Å²) in [6, 6.07) is 6.29. The van der Waals surface area contributed by atoms with Crippen LogP contribution in [0, 0.1) is 5.92 Å². The minimum Gasteiger partial charge on any atom is -0.435 e. The van der Waals surface area contributed by atoms with Crippen molar-refractivity contribution in [2.75, 3.05) is 19.6 Å². The van der Waals surface area contributed by atoms with Gasteiger partial charge in [-0.2, -0.15) is 8.78 Å². The van der Waals surface area contributed by atoms with Crippen LogP contribution in [-0.4, -0.2) is 37.1 Å². The maximum Gasteiger partial charge on any atom is 0.387 e. The molecule has 0 aliphatic rings. The molecule has 1 amide bonds. The van der Waals surface area contributed by atoms with Gasteiger partial charge in [-0.15, -0.1) is 0 Å². The third-order valence-electron chi connectivity index (χ3n) is 3.34. The fourth-order valence-electron chi connectivity index (χ4n) is 2.16. The van der Waals surface area contributed by atoms with E-state index in [4.69, 9.17) is 5.73 Å². The number of hydrogen-bond acceptors (Lipinski definition) is 3. The minimum absolute atomic E-state index is 0.0235. The predicted molar refractivity (Wildman–Crippen MR) is 77.3 cm³/mol. The molecule has 0 saturated heterocycles. The van der Waals surface area contributed by atoms with Crippen LogP contribution in [0.2, 0.25) is 0 Å². The highest BCUT2D eigenvalue weighted by molar-refractivity contribution is 5.79. The van der Waals surface area contributed by atoms with Crippen molar-refractivity contribution in [3.05, 3.63) is 29.8 Å². The van der Waals surface area contributed by atoms with E-state index in [2.05, 4.69) is 4.74 Å². The van der Waals surface area contributed by atoms with Gasteiger partial charge in [0.05, 0.1) is 5.92 Å². The van der Waals surface area contributed by atoms with Crippen molar-refractivity contribution in [3.63, 3.8) is 0 Å². The van der Waals surface area contributed by atoms with E-state index in [0.29, 0.717) is 19.5 Å². The van der Waals surface area contributed by atoms with Gasteiger partial charge in [-0.05, 0) is 38.0 Å². The molecule has 21 heavy (non-hydrogen) atoms. The van der Waals surface area contributed by atoms with Crippen molar-refractivity contribution in [3.8, 4) is 5.75 Å². The van der Waals surface area contributed by atoms with Crippen molar-refractivity contribution < 1.29 is 18.3 Å². The summed E-state index contributed by atoms with van der Waals surface area (Å²) in [6.07, 6.45) is 0.487. The second kappa shape index (κ2) is 8.56. The van der Waals surface area contributed by atoms with Crippen LogP contribution in [0.25, 0.3) is 0 Å². The molecule has 0 saturated carbocycles. The smallest absolute Gasteiger partial charge is 0.387 e. The third-order valence-corrected chi connectivity index (χ3v) is 3.34. The lowest BCUT2D eigenvalue weighted by atomic mass is 9.98. The molecule has 4 nitrogen and oxygen atoms in total. The lowest BCUT2D eigenvalue weighted by Gasteiger charge is -2.24. The van der Waals surface area contributed by atoms with Crippen LogP contribution < -0.4 is 10.5 Å². The van der Waals surface area contributed by atoms with E-state index in [1.54, 1.807) is 17.0 Å². The molecule has 6 heteroatoms. The molecule has 1 unspecified atom stereocenters. The average Bonchev–Trinajstić information content (AvgIpc) is 2.47. The Balaban J connectivity index is 2.70. The Morgan fingerprint density at radius 2 is 1.81 bits per heavy atom. The van der Waals surface area contributed by atoms with Gasteiger partial charge in [0.2, 0.25) is 5.91 Å². The number of carbonyl (C=O) groups excluding carboxylic acids is 1. The van der Waals surface area contributed by atoms with Crippen LogP contribution in [-0.2, 0) is 11.2 Å². The maximum absolute atomic E-state index is 12.3. The van der Waals surface area contributed by atoms with E-state index in [1.165, 1.54) is 12.1 Å². The minimum atomic E-state index is -2.84. The number of alkyl halides is 2. The average molecular weight is 300 g/mol. The summed E-state index contributed by atoms with van der Waals surface area (Å²) in [5.74, 6) is -0.171. The van der Waals surface area contributed by atoms with E-state index < -0.39 is 6.61 Å². The van der Waals surface area contributed by atoms with Crippen molar-refractivity contribution >= 4 is 5.91 Å². The number of hydrogen-bond donors (Lipinski definition) is 1. The quantitative estimate of drug-likeness (QED) is 0.801. The molecular weight excluding hydrogens is 278 g/mol. The molecule has 0 aromatic heterocycles. The molecule has 2 N–H and O–H groups in total. The third kappa shape index (κ3) is 5.30.